The number of ether oxygens (including phenoxy) is 1. The number of unbranched alkanes of at least 4 members (excludes halogenated alkanes) is 1. The molecular formula is C14H20O3. The number of carbonyl (C=O) groups excluding carboxylic acids is 1. The van der Waals surface area contributed by atoms with E-state index in [1.54, 1.807) is 12.1 Å². The number of phenolic OH excluding ortho intramolecular Hbond substituents is 1. The summed E-state index contributed by atoms with van der Waals surface area (Å²) in [5.74, 6) is -0.0962. The Hall–Kier alpha value is -1.51. The average Bonchev–Trinajstić information content (AvgIpc) is 2.33. The summed E-state index contributed by atoms with van der Waals surface area (Å²) in [5.41, 5.74) is 1.44. The molecular weight excluding hydrogens is 216 g/mol. The number of hydrogen-bond donors (Lipinski definition) is 1. The minimum atomic E-state index is -0.294. The van der Waals surface area contributed by atoms with Crippen molar-refractivity contribution in [3.63, 3.8) is 0 Å². The molecule has 17 heavy (non-hydrogen) atoms. The summed E-state index contributed by atoms with van der Waals surface area (Å²) >= 11 is 0. The van der Waals surface area contributed by atoms with E-state index in [0.29, 0.717) is 12.2 Å². The summed E-state index contributed by atoms with van der Waals surface area (Å²) in [5, 5.41) is 9.44. The topological polar surface area (TPSA) is 46.5 Å². The van der Waals surface area contributed by atoms with Crippen molar-refractivity contribution in [2.24, 2.45) is 0 Å². The predicted molar refractivity (Wildman–Crippen MR) is 67.3 cm³/mol. The van der Waals surface area contributed by atoms with Crippen LogP contribution in [0, 0.1) is 0 Å². The lowest BCUT2D eigenvalue weighted by atomic mass is 10.0. The van der Waals surface area contributed by atoms with Gasteiger partial charge in [-0.3, -0.25) is 0 Å². The fraction of sp³-hybridized carbons (Fsp3) is 0.500. The zero-order valence-electron chi connectivity index (χ0n) is 10.5. The Morgan fingerprint density at radius 1 is 1.29 bits per heavy atom. The van der Waals surface area contributed by atoms with Crippen molar-refractivity contribution in [1.29, 1.82) is 0 Å². The fourth-order valence-corrected chi connectivity index (χ4v) is 1.63. The molecule has 0 saturated carbocycles. The molecule has 0 radical (unpaired) electrons. The van der Waals surface area contributed by atoms with Crippen LogP contribution in [-0.2, 0) is 11.2 Å². The molecule has 0 aliphatic carbocycles. The molecule has 0 spiro atoms. The number of rotatable bonds is 6. The number of benzene rings is 1. The Balaban J connectivity index is 2.84. The van der Waals surface area contributed by atoms with Gasteiger partial charge in [-0.05, 0) is 43.0 Å². The minimum absolute atomic E-state index is 0.197. The number of esters is 1. The van der Waals surface area contributed by atoms with Crippen LogP contribution in [0.2, 0.25) is 0 Å². The van der Waals surface area contributed by atoms with Gasteiger partial charge in [-0.1, -0.05) is 20.3 Å². The van der Waals surface area contributed by atoms with Gasteiger partial charge in [-0.2, -0.15) is 0 Å². The first-order chi connectivity index (χ1) is 8.19. The molecule has 1 N–H and O–H groups in total. The molecule has 0 aromatic heterocycles. The quantitative estimate of drug-likeness (QED) is 0.771. The fourth-order valence-electron chi connectivity index (χ4n) is 1.63. The van der Waals surface area contributed by atoms with Crippen LogP contribution in [-0.4, -0.2) is 17.7 Å². The summed E-state index contributed by atoms with van der Waals surface area (Å²) in [6.07, 6.45) is 3.66. The Morgan fingerprint density at radius 2 is 2.06 bits per heavy atom. The number of aryl methyl sites for hydroxylation is 1. The summed E-state index contributed by atoms with van der Waals surface area (Å²) in [7, 11) is 0. The highest BCUT2D eigenvalue weighted by Crippen LogP contribution is 2.19. The molecule has 1 rings (SSSR count). The van der Waals surface area contributed by atoms with Crippen LogP contribution >= 0.6 is 0 Å². The summed E-state index contributed by atoms with van der Waals surface area (Å²) in [6, 6.07) is 4.81. The first-order valence-corrected chi connectivity index (χ1v) is 6.18. The van der Waals surface area contributed by atoms with Gasteiger partial charge in [0.25, 0.3) is 0 Å². The maximum Gasteiger partial charge on any atom is 0.338 e. The molecule has 3 nitrogen and oxygen atoms in total. The van der Waals surface area contributed by atoms with Crippen molar-refractivity contribution in [2.75, 3.05) is 6.61 Å². The van der Waals surface area contributed by atoms with Gasteiger partial charge in [0.2, 0.25) is 0 Å². The van der Waals surface area contributed by atoms with Gasteiger partial charge in [0.05, 0.1) is 12.2 Å². The standard InChI is InChI=1S/C14H20O3/c1-3-5-6-11-10-12(15)7-8-13(11)14(16)17-9-4-2/h7-8,10,15H,3-6,9H2,1-2H3. The second kappa shape index (κ2) is 6.94. The van der Waals surface area contributed by atoms with Crippen molar-refractivity contribution in [3.05, 3.63) is 29.3 Å². The van der Waals surface area contributed by atoms with Gasteiger partial charge in [0.1, 0.15) is 5.75 Å². The van der Waals surface area contributed by atoms with E-state index < -0.39 is 0 Å². The minimum Gasteiger partial charge on any atom is -0.508 e. The lowest BCUT2D eigenvalue weighted by Gasteiger charge is -2.09. The molecule has 1 aromatic carbocycles. The third-order valence-corrected chi connectivity index (χ3v) is 2.55. The Morgan fingerprint density at radius 3 is 2.71 bits per heavy atom. The Bertz CT molecular complexity index is 372. The highest BCUT2D eigenvalue weighted by atomic mass is 16.5. The van der Waals surface area contributed by atoms with E-state index in [9.17, 15) is 9.90 Å². The van der Waals surface area contributed by atoms with E-state index in [4.69, 9.17) is 4.74 Å². The number of phenols is 1. The third-order valence-electron chi connectivity index (χ3n) is 2.55. The third kappa shape index (κ3) is 4.10. The van der Waals surface area contributed by atoms with E-state index in [1.807, 2.05) is 6.92 Å². The molecule has 3 heteroatoms. The maximum atomic E-state index is 11.8. The smallest absolute Gasteiger partial charge is 0.338 e. The highest BCUT2D eigenvalue weighted by Gasteiger charge is 2.12. The van der Waals surface area contributed by atoms with E-state index in [2.05, 4.69) is 6.92 Å². The Labute approximate surface area is 102 Å². The summed E-state index contributed by atoms with van der Waals surface area (Å²) in [4.78, 5) is 11.8. The number of hydrogen-bond acceptors (Lipinski definition) is 3. The zero-order chi connectivity index (χ0) is 12.7. The molecule has 0 atom stereocenters. The predicted octanol–water partition coefficient (Wildman–Crippen LogP) is 3.30. The second-order valence-corrected chi connectivity index (χ2v) is 4.08. The van der Waals surface area contributed by atoms with Crippen molar-refractivity contribution in [1.82, 2.24) is 0 Å². The van der Waals surface area contributed by atoms with Gasteiger partial charge in [0.15, 0.2) is 0 Å². The molecule has 0 aliphatic rings. The monoisotopic (exact) mass is 236 g/mol. The van der Waals surface area contributed by atoms with Crippen LogP contribution in [0.3, 0.4) is 0 Å². The summed E-state index contributed by atoms with van der Waals surface area (Å²) < 4.78 is 5.12. The first-order valence-electron chi connectivity index (χ1n) is 6.18. The van der Waals surface area contributed by atoms with Crippen LogP contribution in [0.1, 0.15) is 49.0 Å². The molecule has 0 bridgehead atoms. The average molecular weight is 236 g/mol. The number of carbonyl (C=O) groups is 1. The molecule has 0 heterocycles. The second-order valence-electron chi connectivity index (χ2n) is 4.08. The molecule has 0 unspecified atom stereocenters. The highest BCUT2D eigenvalue weighted by molar-refractivity contribution is 5.91. The van der Waals surface area contributed by atoms with Crippen molar-refractivity contribution in [2.45, 2.75) is 39.5 Å². The number of aromatic hydroxyl groups is 1. The first kappa shape index (κ1) is 13.6. The Kier molecular flexibility index (Phi) is 5.53. The van der Waals surface area contributed by atoms with Gasteiger partial charge in [0, 0.05) is 0 Å². The lowest BCUT2D eigenvalue weighted by molar-refractivity contribution is 0.0504. The van der Waals surface area contributed by atoms with E-state index >= 15 is 0 Å². The van der Waals surface area contributed by atoms with Gasteiger partial charge in [-0.15, -0.1) is 0 Å². The van der Waals surface area contributed by atoms with Gasteiger partial charge >= 0.3 is 5.97 Å². The van der Waals surface area contributed by atoms with Crippen molar-refractivity contribution >= 4 is 5.97 Å². The molecule has 0 saturated heterocycles. The molecule has 94 valence electrons. The molecule has 0 fully saturated rings. The van der Waals surface area contributed by atoms with E-state index in [0.717, 1.165) is 31.2 Å². The van der Waals surface area contributed by atoms with E-state index in [-0.39, 0.29) is 11.7 Å². The van der Waals surface area contributed by atoms with E-state index in [1.165, 1.54) is 6.07 Å². The largest absolute Gasteiger partial charge is 0.508 e. The lowest BCUT2D eigenvalue weighted by Crippen LogP contribution is -2.09. The van der Waals surface area contributed by atoms with Crippen molar-refractivity contribution in [3.8, 4) is 5.75 Å². The maximum absolute atomic E-state index is 11.8. The van der Waals surface area contributed by atoms with Crippen molar-refractivity contribution < 1.29 is 14.6 Å². The molecule has 0 amide bonds. The van der Waals surface area contributed by atoms with Gasteiger partial charge < -0.3 is 9.84 Å². The zero-order valence-corrected chi connectivity index (χ0v) is 10.5. The van der Waals surface area contributed by atoms with Crippen LogP contribution in [0.15, 0.2) is 18.2 Å². The summed E-state index contributed by atoms with van der Waals surface area (Å²) in [6.45, 7) is 4.49. The molecule has 1 aromatic rings. The van der Waals surface area contributed by atoms with Crippen LogP contribution in [0.4, 0.5) is 0 Å². The molecule has 0 aliphatic heterocycles. The van der Waals surface area contributed by atoms with Crippen LogP contribution in [0.25, 0.3) is 0 Å². The SMILES string of the molecule is CCCCc1cc(O)ccc1C(=O)OCCC. The van der Waals surface area contributed by atoms with Crippen LogP contribution in [0.5, 0.6) is 5.75 Å². The normalized spacial score (nSPS) is 10.2. The van der Waals surface area contributed by atoms with Gasteiger partial charge in [-0.25, -0.2) is 4.79 Å². The van der Waals surface area contributed by atoms with Crippen LogP contribution < -0.4 is 0 Å².